The summed E-state index contributed by atoms with van der Waals surface area (Å²) in [4.78, 5) is 26.1. The third-order valence-corrected chi connectivity index (χ3v) is 4.28. The minimum Gasteiger partial charge on any atom is -0.479 e. The third-order valence-electron chi connectivity index (χ3n) is 4.28. The Labute approximate surface area is 165 Å². The van der Waals surface area contributed by atoms with Crippen molar-refractivity contribution in [3.05, 3.63) is 54.1 Å². The summed E-state index contributed by atoms with van der Waals surface area (Å²) in [5, 5.41) is 2.69. The van der Waals surface area contributed by atoms with Crippen molar-refractivity contribution in [3.8, 4) is 11.5 Å². The first-order chi connectivity index (χ1) is 13.7. The van der Waals surface area contributed by atoms with Crippen molar-refractivity contribution in [1.82, 2.24) is 5.32 Å². The Bertz CT molecular complexity index is 884. The maximum atomic E-state index is 12.4. The van der Waals surface area contributed by atoms with Gasteiger partial charge in [0.15, 0.2) is 6.10 Å². The summed E-state index contributed by atoms with van der Waals surface area (Å²) in [6, 6.07) is 12.3. The number of para-hydroxylation sites is 2. The first-order valence-electron chi connectivity index (χ1n) is 8.91. The first kappa shape index (κ1) is 20.5. The van der Waals surface area contributed by atoms with Crippen LogP contribution in [0.2, 0.25) is 0 Å². The molecule has 0 aromatic heterocycles. The number of fused-ring (bicyclic) bond motifs is 1. The van der Waals surface area contributed by atoms with E-state index >= 15 is 0 Å². The number of carbonyl (C=O) groups excluding carboxylic acids is 2. The number of hydrogen-bond donors (Lipinski definition) is 1. The van der Waals surface area contributed by atoms with Gasteiger partial charge in [0.05, 0.1) is 5.69 Å². The second kappa shape index (κ2) is 8.42. The Balaban J connectivity index is 1.52. The van der Waals surface area contributed by atoms with E-state index in [0.29, 0.717) is 17.0 Å². The minimum atomic E-state index is -4.75. The molecule has 9 heteroatoms. The van der Waals surface area contributed by atoms with E-state index in [1.807, 2.05) is 0 Å². The highest BCUT2D eigenvalue weighted by molar-refractivity contribution is 6.00. The molecule has 2 aromatic carbocycles. The van der Waals surface area contributed by atoms with Crippen LogP contribution in [0.4, 0.5) is 18.9 Å². The molecule has 6 nitrogen and oxygen atoms in total. The summed E-state index contributed by atoms with van der Waals surface area (Å²) in [5.41, 5.74) is 1.23. The van der Waals surface area contributed by atoms with Gasteiger partial charge in [-0.1, -0.05) is 24.3 Å². The predicted octanol–water partition coefficient (Wildman–Crippen LogP) is 3.41. The van der Waals surface area contributed by atoms with E-state index in [-0.39, 0.29) is 37.1 Å². The van der Waals surface area contributed by atoms with Gasteiger partial charge in [0, 0.05) is 19.5 Å². The van der Waals surface area contributed by atoms with E-state index < -0.39 is 12.5 Å². The van der Waals surface area contributed by atoms with Gasteiger partial charge in [0.1, 0.15) is 11.5 Å². The molecule has 154 valence electrons. The molecule has 1 atom stereocenters. The molecule has 1 aliphatic heterocycles. The van der Waals surface area contributed by atoms with Gasteiger partial charge in [0.25, 0.3) is 5.91 Å². The molecule has 0 saturated heterocycles. The molecule has 29 heavy (non-hydrogen) atoms. The number of nitrogens with zero attached hydrogens (tertiary/aromatic N) is 1. The zero-order valence-corrected chi connectivity index (χ0v) is 15.5. The highest BCUT2D eigenvalue weighted by Gasteiger charge is 2.32. The van der Waals surface area contributed by atoms with Gasteiger partial charge in [-0.25, -0.2) is 0 Å². The Morgan fingerprint density at radius 2 is 1.86 bits per heavy atom. The van der Waals surface area contributed by atoms with Crippen molar-refractivity contribution < 1.29 is 32.2 Å². The Morgan fingerprint density at radius 1 is 1.17 bits per heavy atom. The number of anilines is 1. The highest BCUT2D eigenvalue weighted by Crippen LogP contribution is 2.33. The number of nitrogens with one attached hydrogen (secondary N) is 1. The van der Waals surface area contributed by atoms with Gasteiger partial charge in [-0.05, 0) is 36.8 Å². The number of amides is 2. The quantitative estimate of drug-likeness (QED) is 0.796. The van der Waals surface area contributed by atoms with Crippen LogP contribution in [-0.2, 0) is 16.1 Å². The van der Waals surface area contributed by atoms with E-state index in [1.54, 1.807) is 31.2 Å². The summed E-state index contributed by atoms with van der Waals surface area (Å²) in [6.45, 7) is 1.99. The van der Waals surface area contributed by atoms with Crippen LogP contribution in [0.15, 0.2) is 48.5 Å². The maximum absolute atomic E-state index is 12.4. The molecule has 0 aliphatic carbocycles. The van der Waals surface area contributed by atoms with E-state index in [2.05, 4.69) is 10.1 Å². The summed E-state index contributed by atoms with van der Waals surface area (Å²) < 4.78 is 45.8. The van der Waals surface area contributed by atoms with Gasteiger partial charge >= 0.3 is 6.36 Å². The van der Waals surface area contributed by atoms with E-state index in [1.165, 1.54) is 29.2 Å². The third kappa shape index (κ3) is 5.40. The van der Waals surface area contributed by atoms with Crippen LogP contribution in [0.1, 0.15) is 18.9 Å². The van der Waals surface area contributed by atoms with Crippen molar-refractivity contribution in [1.29, 1.82) is 0 Å². The summed E-state index contributed by atoms with van der Waals surface area (Å²) in [6.07, 6.45) is -5.31. The molecule has 1 heterocycles. The second-order valence-corrected chi connectivity index (χ2v) is 6.44. The molecule has 0 saturated carbocycles. The summed E-state index contributed by atoms with van der Waals surface area (Å²) in [7, 11) is 0. The molecule has 1 aliphatic rings. The molecular weight excluding hydrogens is 389 g/mol. The number of carbonyl (C=O) groups is 2. The maximum Gasteiger partial charge on any atom is 0.573 e. The minimum absolute atomic E-state index is 0.0715. The van der Waals surface area contributed by atoms with Gasteiger partial charge in [-0.2, -0.15) is 0 Å². The smallest absolute Gasteiger partial charge is 0.479 e. The lowest BCUT2D eigenvalue weighted by Crippen LogP contribution is -2.45. The molecule has 0 radical (unpaired) electrons. The lowest BCUT2D eigenvalue weighted by atomic mass is 10.1. The van der Waals surface area contributed by atoms with Crippen LogP contribution in [0.25, 0.3) is 0 Å². The number of benzene rings is 2. The number of halogens is 3. The zero-order valence-electron chi connectivity index (χ0n) is 15.5. The van der Waals surface area contributed by atoms with E-state index in [4.69, 9.17) is 4.74 Å². The fraction of sp³-hybridized carbons (Fsp3) is 0.300. The van der Waals surface area contributed by atoms with Crippen LogP contribution in [-0.4, -0.2) is 30.8 Å². The van der Waals surface area contributed by atoms with E-state index in [0.717, 1.165) is 0 Å². The van der Waals surface area contributed by atoms with Gasteiger partial charge in [-0.3, -0.25) is 9.59 Å². The van der Waals surface area contributed by atoms with Gasteiger partial charge in [-0.15, -0.1) is 13.2 Å². The van der Waals surface area contributed by atoms with Crippen LogP contribution >= 0.6 is 0 Å². The summed E-state index contributed by atoms with van der Waals surface area (Å²) >= 11 is 0. The Morgan fingerprint density at radius 3 is 2.55 bits per heavy atom. The molecular formula is C20H19F3N2O4. The lowest BCUT2D eigenvalue weighted by Gasteiger charge is -2.32. The second-order valence-electron chi connectivity index (χ2n) is 6.44. The van der Waals surface area contributed by atoms with Crippen LogP contribution in [0.5, 0.6) is 11.5 Å². The number of rotatable bonds is 6. The lowest BCUT2D eigenvalue weighted by molar-refractivity contribution is -0.274. The SMILES string of the molecule is CC1Oc2ccccc2N(CCC(=O)NCc2ccc(OC(F)(F)F)cc2)C1=O. The first-order valence-corrected chi connectivity index (χ1v) is 8.91. The van der Waals surface area contributed by atoms with Crippen LogP contribution < -0.4 is 19.7 Å². The molecule has 0 fully saturated rings. The normalized spacial score (nSPS) is 16.1. The highest BCUT2D eigenvalue weighted by atomic mass is 19.4. The molecule has 3 rings (SSSR count). The largest absolute Gasteiger partial charge is 0.573 e. The molecule has 0 spiro atoms. The van der Waals surface area contributed by atoms with Gasteiger partial charge < -0.3 is 19.7 Å². The number of ether oxygens (including phenoxy) is 2. The van der Waals surface area contributed by atoms with Crippen molar-refractivity contribution >= 4 is 17.5 Å². The Hall–Kier alpha value is -3.23. The molecule has 0 bridgehead atoms. The standard InChI is InChI=1S/C20H19F3N2O4/c1-13-19(27)25(16-4-2-3-5-17(16)28-13)11-10-18(26)24-12-14-6-8-15(9-7-14)29-20(21,22)23/h2-9,13H,10-12H2,1H3,(H,24,26). The van der Waals surface area contributed by atoms with Crippen molar-refractivity contribution in [2.24, 2.45) is 0 Å². The van der Waals surface area contributed by atoms with Crippen molar-refractivity contribution in [2.45, 2.75) is 32.4 Å². The predicted molar refractivity (Wildman–Crippen MR) is 98.5 cm³/mol. The molecule has 1 unspecified atom stereocenters. The Kier molecular flexibility index (Phi) is 5.95. The van der Waals surface area contributed by atoms with Gasteiger partial charge in [0.2, 0.25) is 5.91 Å². The monoisotopic (exact) mass is 408 g/mol. The van der Waals surface area contributed by atoms with E-state index in [9.17, 15) is 22.8 Å². The van der Waals surface area contributed by atoms with Crippen molar-refractivity contribution in [3.63, 3.8) is 0 Å². The molecule has 1 N–H and O–H groups in total. The fourth-order valence-electron chi connectivity index (χ4n) is 2.90. The molecule has 2 amide bonds. The average molecular weight is 408 g/mol. The van der Waals surface area contributed by atoms with Crippen LogP contribution in [0.3, 0.4) is 0 Å². The van der Waals surface area contributed by atoms with Crippen molar-refractivity contribution in [2.75, 3.05) is 11.4 Å². The number of hydrogen-bond acceptors (Lipinski definition) is 4. The number of alkyl halides is 3. The van der Waals surface area contributed by atoms with Crippen LogP contribution in [0, 0.1) is 0 Å². The molecule has 2 aromatic rings. The zero-order chi connectivity index (χ0) is 21.0. The average Bonchev–Trinajstić information content (AvgIpc) is 2.66. The fourth-order valence-corrected chi connectivity index (χ4v) is 2.90. The summed E-state index contributed by atoms with van der Waals surface area (Å²) in [5.74, 6) is -0.255. The topological polar surface area (TPSA) is 67.9 Å².